The molecule has 0 bridgehead atoms. The molecule has 6 nitrogen and oxygen atoms in total. The van der Waals surface area contributed by atoms with E-state index in [4.69, 9.17) is 27.9 Å². The number of benzene rings is 2. The molecule has 0 aliphatic heterocycles. The van der Waals surface area contributed by atoms with Gasteiger partial charge in [-0.15, -0.1) is 11.3 Å². The third kappa shape index (κ3) is 6.82. The van der Waals surface area contributed by atoms with E-state index in [1.807, 2.05) is 36.6 Å². The number of amides is 2. The molecule has 166 valence electrons. The first-order chi connectivity index (χ1) is 15.3. The Balaban J connectivity index is 1.54. The molecular weight excluding hydrogens is 469 g/mol. The molecule has 3 aromatic rings. The van der Waals surface area contributed by atoms with Crippen LogP contribution in [0.3, 0.4) is 0 Å². The van der Waals surface area contributed by atoms with Crippen molar-refractivity contribution in [2.75, 3.05) is 18.9 Å². The molecule has 32 heavy (non-hydrogen) atoms. The van der Waals surface area contributed by atoms with Gasteiger partial charge in [-0.05, 0) is 42.8 Å². The zero-order chi connectivity index (χ0) is 23.1. The lowest BCUT2D eigenvalue weighted by Crippen LogP contribution is -2.34. The molecule has 0 aliphatic rings. The number of carbonyl (C=O) groups is 2. The highest BCUT2D eigenvalue weighted by atomic mass is 35.5. The van der Waals surface area contributed by atoms with Crippen LogP contribution in [0.1, 0.15) is 16.3 Å². The minimum Gasteiger partial charge on any atom is -0.487 e. The number of likely N-dealkylation sites (N-methyl/N-ethyl adjacent to an activating group) is 1. The van der Waals surface area contributed by atoms with Crippen molar-refractivity contribution in [2.24, 2.45) is 0 Å². The van der Waals surface area contributed by atoms with E-state index in [-0.39, 0.29) is 12.5 Å². The number of aromatic nitrogens is 1. The zero-order valence-electron chi connectivity index (χ0n) is 17.5. The topological polar surface area (TPSA) is 71.5 Å². The van der Waals surface area contributed by atoms with Crippen molar-refractivity contribution in [3.63, 3.8) is 0 Å². The van der Waals surface area contributed by atoms with Gasteiger partial charge >= 0.3 is 0 Å². The van der Waals surface area contributed by atoms with Crippen LogP contribution in [0.5, 0.6) is 5.75 Å². The lowest BCUT2D eigenvalue weighted by atomic mass is 10.2. The molecule has 2 amide bonds. The van der Waals surface area contributed by atoms with Crippen molar-refractivity contribution in [3.8, 4) is 5.75 Å². The smallest absolute Gasteiger partial charge is 0.246 e. The van der Waals surface area contributed by atoms with E-state index in [9.17, 15) is 9.59 Å². The summed E-state index contributed by atoms with van der Waals surface area (Å²) in [7, 11) is 1.54. The molecule has 2 aromatic carbocycles. The minimum absolute atomic E-state index is 0.152. The van der Waals surface area contributed by atoms with Gasteiger partial charge in [0, 0.05) is 18.5 Å². The highest BCUT2D eigenvalue weighted by Crippen LogP contribution is 2.29. The van der Waals surface area contributed by atoms with E-state index in [0.717, 1.165) is 16.3 Å². The number of aryl methyl sites for hydroxylation is 1. The molecule has 1 N–H and O–H groups in total. The molecule has 3 rings (SSSR count). The normalized spacial score (nSPS) is 10.9. The van der Waals surface area contributed by atoms with Gasteiger partial charge in [-0.2, -0.15) is 0 Å². The summed E-state index contributed by atoms with van der Waals surface area (Å²) < 4.78 is 5.77. The van der Waals surface area contributed by atoms with Crippen LogP contribution in [0.15, 0.2) is 53.9 Å². The number of ether oxygens (including phenoxy) is 1. The average molecular weight is 490 g/mol. The molecule has 0 spiro atoms. The Morgan fingerprint density at radius 1 is 1.19 bits per heavy atom. The Labute approximate surface area is 200 Å². The fraction of sp³-hybridized carbons (Fsp3) is 0.174. The highest BCUT2D eigenvalue weighted by Gasteiger charge is 2.14. The number of thiazole rings is 1. The van der Waals surface area contributed by atoms with Crippen molar-refractivity contribution in [3.05, 3.63) is 80.2 Å². The molecule has 0 unspecified atom stereocenters. The monoisotopic (exact) mass is 489 g/mol. The number of carbonyl (C=O) groups excluding carboxylic acids is 2. The summed E-state index contributed by atoms with van der Waals surface area (Å²) in [6.45, 7) is 2.17. The van der Waals surface area contributed by atoms with Gasteiger partial charge in [-0.1, -0.05) is 41.4 Å². The van der Waals surface area contributed by atoms with E-state index in [1.54, 1.807) is 35.6 Å². The maximum Gasteiger partial charge on any atom is 0.246 e. The van der Waals surface area contributed by atoms with Crippen LogP contribution in [-0.4, -0.2) is 35.3 Å². The summed E-state index contributed by atoms with van der Waals surface area (Å²) in [4.78, 5) is 30.3. The van der Waals surface area contributed by atoms with E-state index < -0.39 is 5.91 Å². The number of para-hydroxylation sites is 1. The fourth-order valence-corrected chi connectivity index (χ4v) is 3.81. The quantitative estimate of drug-likeness (QED) is 0.427. The van der Waals surface area contributed by atoms with Crippen molar-refractivity contribution in [1.82, 2.24) is 9.88 Å². The zero-order valence-corrected chi connectivity index (χ0v) is 19.8. The van der Waals surface area contributed by atoms with E-state index >= 15 is 0 Å². The van der Waals surface area contributed by atoms with E-state index in [1.165, 1.54) is 18.0 Å². The number of hydrogen-bond acceptors (Lipinski definition) is 5. The number of rotatable bonds is 8. The minimum atomic E-state index is -0.406. The molecule has 0 aliphatic carbocycles. The predicted molar refractivity (Wildman–Crippen MR) is 129 cm³/mol. The molecule has 0 fully saturated rings. The van der Waals surface area contributed by atoms with Gasteiger partial charge in [0.05, 0.1) is 33.0 Å². The second-order valence-electron chi connectivity index (χ2n) is 6.89. The Morgan fingerprint density at radius 2 is 1.91 bits per heavy atom. The number of nitrogens with zero attached hydrogens (tertiary/aromatic N) is 2. The highest BCUT2D eigenvalue weighted by molar-refractivity contribution is 7.09. The van der Waals surface area contributed by atoms with Gasteiger partial charge in [0.2, 0.25) is 11.8 Å². The van der Waals surface area contributed by atoms with Crippen LogP contribution in [-0.2, 0) is 16.2 Å². The Kier molecular flexibility index (Phi) is 8.27. The second kappa shape index (κ2) is 11.1. The van der Waals surface area contributed by atoms with Gasteiger partial charge in [-0.3, -0.25) is 9.59 Å². The summed E-state index contributed by atoms with van der Waals surface area (Å²) in [5.74, 6) is -0.0544. The lowest BCUT2D eigenvalue weighted by Gasteiger charge is -2.16. The van der Waals surface area contributed by atoms with Crippen molar-refractivity contribution >= 4 is 58.1 Å². The number of hydrogen-bond donors (Lipinski definition) is 1. The fourth-order valence-electron chi connectivity index (χ4n) is 2.72. The van der Waals surface area contributed by atoms with Crippen LogP contribution >= 0.6 is 34.5 Å². The van der Waals surface area contributed by atoms with Gasteiger partial charge in [-0.25, -0.2) is 4.98 Å². The molecule has 0 saturated carbocycles. The lowest BCUT2D eigenvalue weighted by molar-refractivity contribution is -0.129. The first-order valence-corrected chi connectivity index (χ1v) is 11.3. The van der Waals surface area contributed by atoms with Crippen LogP contribution in [0, 0.1) is 6.92 Å². The first kappa shape index (κ1) is 23.8. The Bertz CT molecular complexity index is 1130. The summed E-state index contributed by atoms with van der Waals surface area (Å²) in [6.07, 6.45) is 3.07. The van der Waals surface area contributed by atoms with E-state index in [2.05, 4.69) is 10.3 Å². The number of anilines is 1. The molecule has 1 aromatic heterocycles. The number of halogens is 2. The molecule has 9 heteroatoms. The van der Waals surface area contributed by atoms with Gasteiger partial charge in [0.25, 0.3) is 0 Å². The molecule has 1 heterocycles. The predicted octanol–water partition coefficient (Wildman–Crippen LogP) is 5.45. The van der Waals surface area contributed by atoms with Crippen LogP contribution in [0.25, 0.3) is 6.08 Å². The van der Waals surface area contributed by atoms with Crippen LogP contribution in [0.4, 0.5) is 5.69 Å². The molecule has 0 saturated heterocycles. The average Bonchev–Trinajstić information content (AvgIpc) is 3.18. The summed E-state index contributed by atoms with van der Waals surface area (Å²) in [6, 6.07) is 12.3. The largest absolute Gasteiger partial charge is 0.487 e. The van der Waals surface area contributed by atoms with Gasteiger partial charge in [0.15, 0.2) is 0 Å². The van der Waals surface area contributed by atoms with Gasteiger partial charge < -0.3 is 15.0 Å². The van der Waals surface area contributed by atoms with Crippen LogP contribution in [0.2, 0.25) is 10.0 Å². The van der Waals surface area contributed by atoms with E-state index in [0.29, 0.717) is 28.1 Å². The summed E-state index contributed by atoms with van der Waals surface area (Å²) in [5.41, 5.74) is 1.99. The third-order valence-corrected chi connectivity index (χ3v) is 5.77. The van der Waals surface area contributed by atoms with Crippen molar-refractivity contribution < 1.29 is 14.3 Å². The third-order valence-electron chi connectivity index (χ3n) is 4.31. The van der Waals surface area contributed by atoms with Gasteiger partial charge in [0.1, 0.15) is 12.4 Å². The van der Waals surface area contributed by atoms with Crippen LogP contribution < -0.4 is 10.1 Å². The standard InChI is InChI=1S/C23H21Cl2N3O3S/c1-15-26-17(14-32-15)13-31-18-6-3-5-16(11-18)9-10-22(30)28(2)12-21(29)27-23-19(24)7-4-8-20(23)25/h3-11,14H,12-13H2,1-2H3,(H,27,29)/b10-9+. The maximum atomic E-state index is 12.4. The Morgan fingerprint density at radius 3 is 2.59 bits per heavy atom. The molecule has 0 atom stereocenters. The molecular formula is C23H21Cl2N3O3S. The first-order valence-electron chi connectivity index (χ1n) is 9.62. The van der Waals surface area contributed by atoms with Crippen molar-refractivity contribution in [1.29, 1.82) is 0 Å². The summed E-state index contributed by atoms with van der Waals surface area (Å²) >= 11 is 13.7. The number of nitrogens with one attached hydrogen (secondary N) is 1. The maximum absolute atomic E-state index is 12.4. The summed E-state index contributed by atoms with van der Waals surface area (Å²) in [5, 5.41) is 6.24. The SMILES string of the molecule is Cc1nc(COc2cccc(/C=C/C(=O)N(C)CC(=O)Nc3c(Cl)cccc3Cl)c2)cs1. The molecule has 0 radical (unpaired) electrons. The van der Waals surface area contributed by atoms with Crippen molar-refractivity contribution in [2.45, 2.75) is 13.5 Å². The Hall–Kier alpha value is -2.87. The second-order valence-corrected chi connectivity index (χ2v) is 8.77.